The van der Waals surface area contributed by atoms with E-state index in [1.165, 1.54) is 0 Å². The van der Waals surface area contributed by atoms with Crippen molar-refractivity contribution < 1.29 is 12.2 Å². The van der Waals surface area contributed by atoms with Crippen LogP contribution < -0.4 is 0 Å². The molecule has 0 aromatic rings. The van der Waals surface area contributed by atoms with Crippen LogP contribution in [0.5, 0.6) is 0 Å². The molecule has 0 aliphatic heterocycles. The Bertz CT molecular complexity index is 10.8. The molecule has 0 aliphatic carbocycles. The molecular weight excluding hydrogens is 297 g/mol. The van der Waals surface area contributed by atoms with Crippen LogP contribution in [0.4, 0.5) is 0 Å². The second-order valence-electron chi connectivity index (χ2n) is 0.183. The molecule has 0 aromatic carbocycles. The summed E-state index contributed by atoms with van der Waals surface area (Å²) < 4.78 is 0. The molecule has 0 heterocycles. The molecule has 0 saturated carbocycles. The van der Waals surface area contributed by atoms with E-state index in [0.29, 0.717) is 0 Å². The van der Waals surface area contributed by atoms with Crippen LogP contribution >= 0.6 is 34.3 Å². The fourth-order valence-corrected chi connectivity index (χ4v) is 0. The van der Waals surface area contributed by atoms with Crippen molar-refractivity contribution in [2.45, 2.75) is 0 Å². The zero-order valence-electron chi connectivity index (χ0n) is 1.65. The van der Waals surface area contributed by atoms with Crippen LogP contribution in [0.1, 0.15) is 0 Å². The fraction of sp³-hybridized carbons (Fsp3) is 0. The zero-order chi connectivity index (χ0) is 3.58. The zero-order valence-corrected chi connectivity index (χ0v) is 7.53. The van der Waals surface area contributed by atoms with Crippen LogP contribution in [0, 0.1) is 0 Å². The van der Waals surface area contributed by atoms with Gasteiger partial charge in [-0.05, 0) is 0 Å². The minimum absolute atomic E-state index is 0.442. The predicted octanol–water partition coefficient (Wildman–Crippen LogP) is 2.01. The van der Waals surface area contributed by atoms with Crippen LogP contribution in [0.3, 0.4) is 0 Å². The Hall–Kier alpha value is 2.05. The summed E-state index contributed by atoms with van der Waals surface area (Å²) in [5.41, 5.74) is 0. The van der Waals surface area contributed by atoms with Gasteiger partial charge < -0.3 is 0 Å². The Morgan fingerprint density at radius 3 is 1.50 bits per heavy atom. The van der Waals surface area contributed by atoms with Crippen molar-refractivity contribution in [3.8, 4) is 0 Å². The first kappa shape index (κ1) is 6.05. The summed E-state index contributed by atoms with van der Waals surface area (Å²) in [6, 6.07) is 0. The third kappa shape index (κ3) is 8.96. The molecule has 0 nitrogen and oxygen atoms in total. The quantitative estimate of drug-likeness (QED) is 0.474. The monoisotopic (exact) mass is 297 g/mol. The van der Waals surface area contributed by atoms with Crippen LogP contribution in [-0.2, 0) is 12.2 Å². The van der Waals surface area contributed by atoms with Gasteiger partial charge in [-0.15, -0.1) is 0 Å². The van der Waals surface area contributed by atoms with Crippen molar-refractivity contribution in [3.63, 3.8) is 0 Å². The van der Waals surface area contributed by atoms with E-state index in [-0.39, 0.29) is 0 Å². The Balaban J connectivity index is 2.32. The third-order valence-corrected chi connectivity index (χ3v) is 0. The Kier molecular flexibility index (Phi) is 4.92. The van der Waals surface area contributed by atoms with E-state index < -0.39 is 12.2 Å². The Morgan fingerprint density at radius 2 is 1.50 bits per heavy atom. The summed E-state index contributed by atoms with van der Waals surface area (Å²) in [6.07, 6.45) is 0. The van der Waals surface area contributed by atoms with Gasteiger partial charge in [0.25, 0.3) is 0 Å². The number of halogens is 2. The van der Waals surface area contributed by atoms with Crippen LogP contribution in [0.2, 0.25) is 0 Å². The number of rotatable bonds is 0. The summed E-state index contributed by atoms with van der Waals surface area (Å²) in [5.74, 6) is 0. The van der Waals surface area contributed by atoms with E-state index in [4.69, 9.17) is 0 Å². The molecule has 0 bridgehead atoms. The van der Waals surface area contributed by atoms with Crippen molar-refractivity contribution in [1.29, 1.82) is 0 Å². The van der Waals surface area contributed by atoms with Crippen molar-refractivity contribution in [2.75, 3.05) is 0 Å². The predicted molar refractivity (Wildman–Crippen MR) is 27.6 cm³/mol. The molecule has 1 unspecified atom stereocenters. The number of hydrogen-bond acceptors (Lipinski definition) is 0. The Morgan fingerprint density at radius 1 is 1.50 bits per heavy atom. The van der Waals surface area contributed by atoms with Gasteiger partial charge in [0, 0.05) is 0 Å². The van der Waals surface area contributed by atoms with E-state index in [1.807, 2.05) is 0 Å². The molecular formula is H2Br2PPd. The van der Waals surface area contributed by atoms with Gasteiger partial charge >= 0.3 is 46.5 Å². The van der Waals surface area contributed by atoms with E-state index >= 15 is 0 Å². The Labute approximate surface area is 46.2 Å². The van der Waals surface area contributed by atoms with Crippen LogP contribution in [-0.4, -0.2) is 0 Å². The molecule has 31 valence electrons. The van der Waals surface area contributed by atoms with Gasteiger partial charge in [-0.1, -0.05) is 0 Å². The normalized spacial score (nSPS) is 11.2. The summed E-state index contributed by atoms with van der Waals surface area (Å²) >= 11 is 6.09. The molecule has 0 aliphatic rings. The summed E-state index contributed by atoms with van der Waals surface area (Å²) in [7, 11) is 2.61. The molecule has 0 rings (SSSR count). The number of hydrogen-bond donors (Lipinski definition) is 0. The first-order valence-corrected chi connectivity index (χ1v) is 10.6. The van der Waals surface area contributed by atoms with Gasteiger partial charge in [-0.25, -0.2) is 0 Å². The van der Waals surface area contributed by atoms with Crippen LogP contribution in [0.25, 0.3) is 0 Å². The van der Waals surface area contributed by atoms with E-state index in [0.717, 1.165) is 0 Å². The van der Waals surface area contributed by atoms with E-state index in [1.54, 1.807) is 0 Å². The third-order valence-electron chi connectivity index (χ3n) is 0. The first-order chi connectivity index (χ1) is 1.73. The summed E-state index contributed by atoms with van der Waals surface area (Å²) in [6.45, 7) is 0. The molecule has 0 N–H and O–H groups in total. The molecule has 0 aromatic heterocycles. The maximum atomic E-state index is 3.27. The molecule has 4 heavy (non-hydrogen) atoms. The van der Waals surface area contributed by atoms with E-state index in [9.17, 15) is 0 Å². The van der Waals surface area contributed by atoms with Crippen molar-refractivity contribution >= 4 is 34.3 Å². The SMILES string of the molecule is [PH2][Pd]([Br])[Br]. The second kappa shape index (κ2) is 3.25. The topological polar surface area (TPSA) is 0 Å². The average Bonchev–Trinajstić information content (AvgIpc) is 0.811. The van der Waals surface area contributed by atoms with Crippen molar-refractivity contribution in [1.82, 2.24) is 0 Å². The molecule has 4 heteroatoms. The van der Waals surface area contributed by atoms with Gasteiger partial charge in [0.1, 0.15) is 0 Å². The van der Waals surface area contributed by atoms with Crippen molar-refractivity contribution in [2.24, 2.45) is 0 Å². The molecule has 0 spiro atoms. The van der Waals surface area contributed by atoms with Gasteiger partial charge in [0.05, 0.1) is 0 Å². The average molecular weight is 299 g/mol. The summed E-state index contributed by atoms with van der Waals surface area (Å²) in [5, 5.41) is 0. The minimum atomic E-state index is -0.442. The maximum absolute atomic E-state index is 3.27. The molecule has 0 fully saturated rings. The second-order valence-corrected chi connectivity index (χ2v) is 19.9. The van der Waals surface area contributed by atoms with Gasteiger partial charge in [-0.3, -0.25) is 0 Å². The van der Waals surface area contributed by atoms with E-state index in [2.05, 4.69) is 34.3 Å². The van der Waals surface area contributed by atoms with Gasteiger partial charge in [0.2, 0.25) is 0 Å². The van der Waals surface area contributed by atoms with Crippen molar-refractivity contribution in [3.05, 3.63) is 0 Å². The fourth-order valence-electron chi connectivity index (χ4n) is 0. The van der Waals surface area contributed by atoms with Crippen LogP contribution in [0.15, 0.2) is 0 Å². The summed E-state index contributed by atoms with van der Waals surface area (Å²) in [4.78, 5) is 0. The molecule has 0 radical (unpaired) electrons. The molecule has 0 amide bonds. The first-order valence-electron chi connectivity index (χ1n) is 0.422. The van der Waals surface area contributed by atoms with Gasteiger partial charge in [0.15, 0.2) is 0 Å². The standard InChI is InChI=1S/2BrH.H2P.Pd/h2*1H;1H2;/q;;-1;+3/p-2. The molecule has 0 saturated heterocycles. The van der Waals surface area contributed by atoms with Gasteiger partial charge in [-0.2, -0.15) is 0 Å². The molecule has 1 atom stereocenters.